The van der Waals surface area contributed by atoms with E-state index in [0.717, 1.165) is 42.0 Å². The van der Waals surface area contributed by atoms with Crippen molar-refractivity contribution in [2.75, 3.05) is 0 Å². The number of nitrogens with zero attached hydrogens (tertiary/aromatic N) is 1. The lowest BCUT2D eigenvalue weighted by Gasteiger charge is -2.29. The minimum absolute atomic E-state index is 0.206. The Hall–Kier alpha value is -2.15. The lowest BCUT2D eigenvalue weighted by Crippen LogP contribution is -2.35. The second-order valence-corrected chi connectivity index (χ2v) is 16.5. The number of aliphatic hydroxyl groups excluding tert-OH is 1. The third-order valence-corrected chi connectivity index (χ3v) is 9.45. The molecule has 2 rings (SSSR count). The molecule has 0 heterocycles. The van der Waals surface area contributed by atoms with Crippen LogP contribution in [0.15, 0.2) is 83.0 Å². The Morgan fingerprint density at radius 3 is 2.24 bits per heavy atom. The molecule has 0 fully saturated rings. The van der Waals surface area contributed by atoms with Crippen molar-refractivity contribution >= 4 is 18.1 Å². The molecular formula is C27H39NO3SSi. The lowest BCUT2D eigenvalue weighted by molar-refractivity contribution is 0.263. The van der Waals surface area contributed by atoms with Crippen molar-refractivity contribution in [2.24, 2.45) is 0 Å². The summed E-state index contributed by atoms with van der Waals surface area (Å²) in [5.74, 6) is 0. The van der Waals surface area contributed by atoms with E-state index in [1.54, 1.807) is 18.3 Å². The molecule has 0 aliphatic rings. The molecule has 0 bridgehead atoms. The van der Waals surface area contributed by atoms with Gasteiger partial charge in [-0.25, -0.2) is 8.42 Å². The summed E-state index contributed by atoms with van der Waals surface area (Å²) in [7, 11) is -5.83. The molecule has 1 unspecified atom stereocenters. The van der Waals surface area contributed by atoms with E-state index in [-0.39, 0.29) is 11.4 Å². The zero-order valence-electron chi connectivity index (χ0n) is 20.7. The lowest BCUT2D eigenvalue weighted by atomic mass is 10.2. The van der Waals surface area contributed by atoms with E-state index in [2.05, 4.69) is 26.6 Å². The monoisotopic (exact) mass is 485 g/mol. The Balaban J connectivity index is 2.48. The molecule has 2 aromatic rings. The fraction of sp³-hybridized carbons (Fsp3) is 0.407. The summed E-state index contributed by atoms with van der Waals surface area (Å²) < 4.78 is 28.7. The zero-order chi connectivity index (χ0) is 24.5. The summed E-state index contributed by atoms with van der Waals surface area (Å²) in [6.45, 7) is 10.7. The van der Waals surface area contributed by atoms with Crippen LogP contribution in [0.3, 0.4) is 0 Å². The minimum atomic E-state index is -3.79. The number of rotatable bonds is 12. The molecule has 1 atom stereocenters. The molecule has 0 aliphatic carbocycles. The van der Waals surface area contributed by atoms with Gasteiger partial charge in [-0.05, 0) is 42.7 Å². The van der Waals surface area contributed by atoms with Gasteiger partial charge >= 0.3 is 0 Å². The third kappa shape index (κ3) is 8.29. The van der Waals surface area contributed by atoms with E-state index < -0.39 is 24.2 Å². The fourth-order valence-electron chi connectivity index (χ4n) is 3.52. The number of aliphatic hydroxyl groups is 1. The summed E-state index contributed by atoms with van der Waals surface area (Å²) in [6.07, 6.45) is 9.05. The summed E-state index contributed by atoms with van der Waals surface area (Å²) in [5.41, 5.74) is 1.90. The number of sulfonamides is 1. The van der Waals surface area contributed by atoms with E-state index in [1.807, 2.05) is 61.5 Å². The van der Waals surface area contributed by atoms with Crippen molar-refractivity contribution in [3.05, 3.63) is 89.3 Å². The first-order valence-corrected chi connectivity index (χ1v) is 16.7. The van der Waals surface area contributed by atoms with E-state index in [0.29, 0.717) is 0 Å². The highest BCUT2D eigenvalue weighted by molar-refractivity contribution is 7.89. The van der Waals surface area contributed by atoms with Gasteiger partial charge in [0.1, 0.15) is 0 Å². The molecule has 0 radical (unpaired) electrons. The van der Waals surface area contributed by atoms with E-state index in [1.165, 1.54) is 4.31 Å². The topological polar surface area (TPSA) is 57.6 Å². The smallest absolute Gasteiger partial charge is 0.264 e. The van der Waals surface area contributed by atoms with Crippen LogP contribution in [-0.2, 0) is 16.6 Å². The van der Waals surface area contributed by atoms with Gasteiger partial charge in [-0.2, -0.15) is 0 Å². The average molecular weight is 486 g/mol. The second-order valence-electron chi connectivity index (χ2n) is 9.55. The summed E-state index contributed by atoms with van der Waals surface area (Å²) in [5, 5.41) is 11.8. The number of benzene rings is 2. The molecule has 2 aromatic carbocycles. The van der Waals surface area contributed by atoms with Gasteiger partial charge in [-0.15, -0.1) is 0 Å². The van der Waals surface area contributed by atoms with Crippen molar-refractivity contribution in [3.8, 4) is 0 Å². The maximum absolute atomic E-state index is 13.7. The molecule has 33 heavy (non-hydrogen) atoms. The second kappa shape index (κ2) is 12.3. The van der Waals surface area contributed by atoms with Crippen LogP contribution in [-0.4, -0.2) is 32.0 Å². The van der Waals surface area contributed by atoms with Crippen LogP contribution in [0.4, 0.5) is 0 Å². The normalized spacial score (nSPS) is 13.9. The Morgan fingerprint density at radius 2 is 1.67 bits per heavy atom. The maximum Gasteiger partial charge on any atom is 0.264 e. The molecule has 6 heteroatoms. The largest absolute Gasteiger partial charge is 0.385 e. The Bertz CT molecular complexity index is 1020. The molecule has 0 amide bonds. The SMILES string of the molecule is CCCCC/C=C/C(O)/C(=C/N(Cc1ccccc1)S(=O)(=O)c1ccc(C)cc1)[Si](C)(C)C. The zero-order valence-corrected chi connectivity index (χ0v) is 22.5. The Kier molecular flexibility index (Phi) is 10.1. The van der Waals surface area contributed by atoms with Crippen molar-refractivity contribution in [1.82, 2.24) is 4.31 Å². The van der Waals surface area contributed by atoms with Crippen LogP contribution >= 0.6 is 0 Å². The fourth-order valence-corrected chi connectivity index (χ4v) is 6.46. The maximum atomic E-state index is 13.7. The highest BCUT2D eigenvalue weighted by Crippen LogP contribution is 2.26. The van der Waals surface area contributed by atoms with Crippen molar-refractivity contribution in [2.45, 2.75) is 76.7 Å². The molecule has 0 aliphatic heterocycles. The van der Waals surface area contributed by atoms with Crippen molar-refractivity contribution in [3.63, 3.8) is 0 Å². The van der Waals surface area contributed by atoms with Crippen LogP contribution in [0.5, 0.6) is 0 Å². The number of hydrogen-bond acceptors (Lipinski definition) is 3. The number of hydrogen-bond donors (Lipinski definition) is 1. The van der Waals surface area contributed by atoms with E-state index in [4.69, 9.17) is 0 Å². The molecule has 0 spiro atoms. The summed E-state index contributed by atoms with van der Waals surface area (Å²) in [6, 6.07) is 16.5. The molecule has 0 saturated heterocycles. The van der Waals surface area contributed by atoms with Gasteiger partial charge in [0, 0.05) is 6.20 Å². The first kappa shape index (κ1) is 27.1. The van der Waals surface area contributed by atoms with Gasteiger partial charge in [-0.3, -0.25) is 4.31 Å². The molecule has 180 valence electrons. The first-order chi connectivity index (χ1) is 15.6. The molecular weight excluding hydrogens is 446 g/mol. The van der Waals surface area contributed by atoms with Crippen LogP contribution in [0.25, 0.3) is 0 Å². The van der Waals surface area contributed by atoms with Gasteiger partial charge in [0.05, 0.1) is 25.6 Å². The highest BCUT2D eigenvalue weighted by Gasteiger charge is 2.29. The van der Waals surface area contributed by atoms with Crippen LogP contribution in [0, 0.1) is 6.92 Å². The van der Waals surface area contributed by atoms with Crippen molar-refractivity contribution in [1.29, 1.82) is 0 Å². The summed E-state index contributed by atoms with van der Waals surface area (Å²) in [4.78, 5) is 0.250. The minimum Gasteiger partial charge on any atom is -0.385 e. The van der Waals surface area contributed by atoms with E-state index in [9.17, 15) is 13.5 Å². The van der Waals surface area contributed by atoms with Crippen LogP contribution < -0.4 is 0 Å². The first-order valence-electron chi connectivity index (χ1n) is 11.7. The molecule has 0 saturated carbocycles. The average Bonchev–Trinajstić information content (AvgIpc) is 2.76. The number of aryl methyl sites for hydroxylation is 1. The molecule has 1 N–H and O–H groups in total. The molecule has 0 aromatic heterocycles. The number of allylic oxidation sites excluding steroid dienone is 1. The Morgan fingerprint density at radius 1 is 1.03 bits per heavy atom. The van der Waals surface area contributed by atoms with Crippen molar-refractivity contribution < 1.29 is 13.5 Å². The molecule has 4 nitrogen and oxygen atoms in total. The van der Waals surface area contributed by atoms with Gasteiger partial charge in [0.2, 0.25) is 0 Å². The third-order valence-electron chi connectivity index (χ3n) is 5.57. The Labute approximate surface area is 201 Å². The predicted molar refractivity (Wildman–Crippen MR) is 141 cm³/mol. The van der Waals surface area contributed by atoms with Gasteiger partial charge in [0.25, 0.3) is 10.0 Å². The summed E-state index contributed by atoms with van der Waals surface area (Å²) >= 11 is 0. The van der Waals surface area contributed by atoms with E-state index >= 15 is 0 Å². The standard InChI is InChI=1S/C27H39NO3SSi/c1-6-7-8-9-13-16-26(29)27(33(3,4)5)22-28(21-24-14-11-10-12-15-24)32(30,31)25-19-17-23(2)18-20-25/h10-20,22,26,29H,6-9,21H2,1-5H3/b16-13+,27-22-. The number of unbranched alkanes of at least 4 members (excludes halogenated alkanes) is 3. The van der Waals surface area contributed by atoms with Crippen LogP contribution in [0.2, 0.25) is 19.6 Å². The van der Waals surface area contributed by atoms with Gasteiger partial charge in [0.15, 0.2) is 0 Å². The van der Waals surface area contributed by atoms with Gasteiger partial charge < -0.3 is 5.11 Å². The predicted octanol–water partition coefficient (Wildman–Crippen LogP) is 6.44. The van der Waals surface area contributed by atoms with Gasteiger partial charge in [-0.1, -0.05) is 99.6 Å². The van der Waals surface area contributed by atoms with Crippen LogP contribution in [0.1, 0.15) is 43.7 Å². The quantitative estimate of drug-likeness (QED) is 0.214. The highest BCUT2D eigenvalue weighted by atomic mass is 32.2.